The molecule has 1 aromatic rings. The van der Waals surface area contributed by atoms with Gasteiger partial charge in [0.2, 0.25) is 0 Å². The van der Waals surface area contributed by atoms with Gasteiger partial charge in [0, 0.05) is 24.1 Å². The lowest BCUT2D eigenvalue weighted by molar-refractivity contribution is 0.0947. The molecule has 0 heterocycles. The molecule has 2 rings (SSSR count). The Hall–Kier alpha value is -1.79. The van der Waals surface area contributed by atoms with E-state index >= 15 is 0 Å². The van der Waals surface area contributed by atoms with E-state index in [0.717, 1.165) is 12.1 Å². The predicted octanol–water partition coefficient (Wildman–Crippen LogP) is 2.34. The normalized spacial score (nSPS) is 14.7. The van der Waals surface area contributed by atoms with Crippen molar-refractivity contribution in [2.45, 2.75) is 32.1 Å². The lowest BCUT2D eigenvalue weighted by atomic mass is 10.1. The van der Waals surface area contributed by atoms with Gasteiger partial charge in [-0.3, -0.25) is 4.79 Å². The van der Waals surface area contributed by atoms with Gasteiger partial charge in [0.05, 0.1) is 6.61 Å². The van der Waals surface area contributed by atoms with Gasteiger partial charge in [0.1, 0.15) is 0 Å². The third-order valence-electron chi connectivity index (χ3n) is 3.64. The van der Waals surface area contributed by atoms with Crippen LogP contribution in [0.3, 0.4) is 0 Å². The summed E-state index contributed by atoms with van der Waals surface area (Å²) in [6.07, 6.45) is 5.53. The van der Waals surface area contributed by atoms with Gasteiger partial charge in [-0.1, -0.05) is 24.7 Å². The molecule has 0 spiro atoms. The monoisotopic (exact) mass is 271 g/mol. The van der Waals surface area contributed by atoms with Crippen molar-refractivity contribution in [2.24, 2.45) is 5.92 Å². The Kier molecular flexibility index (Phi) is 5.64. The Labute approximate surface area is 120 Å². The maximum atomic E-state index is 12.0. The molecule has 0 aliphatic heterocycles. The molecule has 2 N–H and O–H groups in total. The number of nitrogens with one attached hydrogen (secondary N) is 1. The van der Waals surface area contributed by atoms with Crippen LogP contribution < -0.4 is 5.32 Å². The molecular weight excluding hydrogens is 250 g/mol. The standard InChI is InChI=1S/C17H21NO2/c19-12-4-3-5-14-8-10-16(11-9-14)17(20)18-13-15-6-1-2-7-15/h8-11,15,19H,1-2,4,6-7,12-13H2,(H,18,20). The molecule has 1 aliphatic rings. The molecule has 1 fully saturated rings. The van der Waals surface area contributed by atoms with Crippen molar-refractivity contribution < 1.29 is 9.90 Å². The summed E-state index contributed by atoms with van der Waals surface area (Å²) in [7, 11) is 0. The molecule has 1 amide bonds. The second-order valence-corrected chi connectivity index (χ2v) is 5.21. The highest BCUT2D eigenvalue weighted by Gasteiger charge is 2.15. The number of aliphatic hydroxyl groups is 1. The minimum atomic E-state index is -0.00762. The average molecular weight is 271 g/mol. The minimum absolute atomic E-state index is 0.00762. The fourth-order valence-corrected chi connectivity index (χ4v) is 2.48. The molecular formula is C17H21NO2. The number of carbonyl (C=O) groups is 1. The van der Waals surface area contributed by atoms with E-state index in [2.05, 4.69) is 17.2 Å². The van der Waals surface area contributed by atoms with Crippen LogP contribution in [0.4, 0.5) is 0 Å². The lowest BCUT2D eigenvalue weighted by Gasteiger charge is -2.10. The smallest absolute Gasteiger partial charge is 0.251 e. The van der Waals surface area contributed by atoms with Crippen LogP contribution in [0.1, 0.15) is 48.0 Å². The highest BCUT2D eigenvalue weighted by atomic mass is 16.2. The molecule has 20 heavy (non-hydrogen) atoms. The zero-order valence-electron chi connectivity index (χ0n) is 11.7. The lowest BCUT2D eigenvalue weighted by Crippen LogP contribution is -2.28. The minimum Gasteiger partial charge on any atom is -0.395 e. The first kappa shape index (κ1) is 14.6. The Bertz CT molecular complexity index is 490. The number of hydrogen-bond donors (Lipinski definition) is 2. The van der Waals surface area contributed by atoms with Crippen LogP contribution in [0, 0.1) is 17.8 Å². The van der Waals surface area contributed by atoms with Crippen LogP contribution in [-0.4, -0.2) is 24.2 Å². The maximum absolute atomic E-state index is 12.0. The molecule has 3 nitrogen and oxygen atoms in total. The second-order valence-electron chi connectivity index (χ2n) is 5.21. The van der Waals surface area contributed by atoms with Gasteiger partial charge in [0.15, 0.2) is 0 Å². The zero-order chi connectivity index (χ0) is 14.2. The number of rotatable bonds is 4. The summed E-state index contributed by atoms with van der Waals surface area (Å²) in [4.78, 5) is 12.0. The van der Waals surface area contributed by atoms with Crippen LogP contribution in [0.15, 0.2) is 24.3 Å². The van der Waals surface area contributed by atoms with Gasteiger partial charge in [0.25, 0.3) is 5.91 Å². The summed E-state index contributed by atoms with van der Waals surface area (Å²) in [5, 5.41) is 11.7. The molecule has 1 aromatic carbocycles. The highest BCUT2D eigenvalue weighted by Crippen LogP contribution is 2.23. The van der Waals surface area contributed by atoms with Gasteiger partial charge >= 0.3 is 0 Å². The van der Waals surface area contributed by atoms with Gasteiger partial charge in [-0.25, -0.2) is 0 Å². The average Bonchev–Trinajstić information content (AvgIpc) is 2.99. The first-order valence-corrected chi connectivity index (χ1v) is 7.27. The summed E-state index contributed by atoms with van der Waals surface area (Å²) >= 11 is 0. The summed E-state index contributed by atoms with van der Waals surface area (Å²) in [6.45, 7) is 0.867. The number of amides is 1. The van der Waals surface area contributed by atoms with E-state index in [4.69, 9.17) is 5.11 Å². The molecule has 3 heteroatoms. The van der Waals surface area contributed by atoms with E-state index in [1.807, 2.05) is 12.1 Å². The molecule has 0 unspecified atom stereocenters. The quantitative estimate of drug-likeness (QED) is 0.826. The van der Waals surface area contributed by atoms with Gasteiger partial charge in [-0.2, -0.15) is 0 Å². The second kappa shape index (κ2) is 7.72. The van der Waals surface area contributed by atoms with Crippen LogP contribution in [0.2, 0.25) is 0 Å². The van der Waals surface area contributed by atoms with E-state index < -0.39 is 0 Å². The first-order chi connectivity index (χ1) is 9.79. The zero-order valence-corrected chi connectivity index (χ0v) is 11.7. The SMILES string of the molecule is O=C(NCC1CCCC1)c1ccc(C#CCCO)cc1. The topological polar surface area (TPSA) is 49.3 Å². The van der Waals surface area contributed by atoms with Crippen molar-refractivity contribution in [3.05, 3.63) is 35.4 Å². The fourth-order valence-electron chi connectivity index (χ4n) is 2.48. The van der Waals surface area contributed by atoms with E-state index in [9.17, 15) is 4.79 Å². The van der Waals surface area contributed by atoms with Gasteiger partial charge in [-0.05, 0) is 43.0 Å². The molecule has 0 aromatic heterocycles. The van der Waals surface area contributed by atoms with E-state index in [0.29, 0.717) is 17.9 Å². The molecule has 1 saturated carbocycles. The first-order valence-electron chi connectivity index (χ1n) is 7.27. The van der Waals surface area contributed by atoms with Gasteiger partial charge < -0.3 is 10.4 Å². The summed E-state index contributed by atoms with van der Waals surface area (Å²) in [6, 6.07) is 7.28. The predicted molar refractivity (Wildman–Crippen MR) is 79.3 cm³/mol. The number of aliphatic hydroxyl groups excluding tert-OH is 1. The van der Waals surface area contributed by atoms with Crippen molar-refractivity contribution in [2.75, 3.05) is 13.2 Å². The maximum Gasteiger partial charge on any atom is 0.251 e. The Morgan fingerprint density at radius 3 is 2.60 bits per heavy atom. The van der Waals surface area contributed by atoms with Crippen molar-refractivity contribution >= 4 is 5.91 Å². The van der Waals surface area contributed by atoms with Crippen LogP contribution in [0.5, 0.6) is 0 Å². The van der Waals surface area contributed by atoms with Crippen molar-refractivity contribution in [1.29, 1.82) is 0 Å². The molecule has 0 atom stereocenters. The number of benzene rings is 1. The van der Waals surface area contributed by atoms with Crippen molar-refractivity contribution in [3.8, 4) is 11.8 Å². The number of carbonyl (C=O) groups excluding carboxylic acids is 1. The summed E-state index contributed by atoms with van der Waals surface area (Å²) < 4.78 is 0. The molecule has 0 radical (unpaired) electrons. The highest BCUT2D eigenvalue weighted by molar-refractivity contribution is 5.94. The largest absolute Gasteiger partial charge is 0.395 e. The van der Waals surface area contributed by atoms with Crippen molar-refractivity contribution in [3.63, 3.8) is 0 Å². The Morgan fingerprint density at radius 1 is 1.25 bits per heavy atom. The summed E-state index contributed by atoms with van der Waals surface area (Å²) in [5.74, 6) is 6.46. The molecule has 0 saturated heterocycles. The third kappa shape index (κ3) is 4.40. The molecule has 106 valence electrons. The van der Waals surface area contributed by atoms with Crippen LogP contribution >= 0.6 is 0 Å². The van der Waals surface area contributed by atoms with E-state index in [1.54, 1.807) is 12.1 Å². The van der Waals surface area contributed by atoms with Crippen LogP contribution in [0.25, 0.3) is 0 Å². The Balaban J connectivity index is 1.85. The van der Waals surface area contributed by atoms with Crippen LogP contribution in [-0.2, 0) is 0 Å². The third-order valence-corrected chi connectivity index (χ3v) is 3.64. The molecule has 0 bridgehead atoms. The molecule has 1 aliphatic carbocycles. The van der Waals surface area contributed by atoms with Gasteiger partial charge in [-0.15, -0.1) is 0 Å². The number of hydrogen-bond acceptors (Lipinski definition) is 2. The fraction of sp³-hybridized carbons (Fsp3) is 0.471. The van der Waals surface area contributed by atoms with E-state index in [-0.39, 0.29) is 12.5 Å². The van der Waals surface area contributed by atoms with Crippen molar-refractivity contribution in [1.82, 2.24) is 5.32 Å². The van der Waals surface area contributed by atoms with E-state index in [1.165, 1.54) is 25.7 Å². The summed E-state index contributed by atoms with van der Waals surface area (Å²) in [5.41, 5.74) is 1.54. The Morgan fingerprint density at radius 2 is 1.95 bits per heavy atom.